The summed E-state index contributed by atoms with van der Waals surface area (Å²) >= 11 is 11.0. The molecule has 1 saturated carbocycles. The summed E-state index contributed by atoms with van der Waals surface area (Å²) in [7, 11) is 0. The van der Waals surface area contributed by atoms with Crippen molar-refractivity contribution in [3.05, 3.63) is 29.0 Å². The van der Waals surface area contributed by atoms with Crippen LogP contribution in [0.25, 0.3) is 0 Å². The number of nitrogens with one attached hydrogen (secondary N) is 2. The zero-order chi connectivity index (χ0) is 13.0. The third kappa shape index (κ3) is 4.10. The molecule has 5 heteroatoms. The summed E-state index contributed by atoms with van der Waals surface area (Å²) in [5, 5.41) is 7.12. The van der Waals surface area contributed by atoms with Crippen LogP contribution in [0.2, 0.25) is 5.02 Å². The van der Waals surface area contributed by atoms with Crippen molar-refractivity contribution in [2.24, 2.45) is 0 Å². The zero-order valence-electron chi connectivity index (χ0n) is 10.0. The van der Waals surface area contributed by atoms with E-state index in [1.54, 1.807) is 6.07 Å². The van der Waals surface area contributed by atoms with Gasteiger partial charge in [0.2, 0.25) is 0 Å². The lowest BCUT2D eigenvalue weighted by atomic mass is 9.96. The molecule has 18 heavy (non-hydrogen) atoms. The Labute approximate surface area is 117 Å². The molecule has 0 heterocycles. The fraction of sp³-hybridized carbons (Fsp3) is 0.462. The average Bonchev–Trinajstić information content (AvgIpc) is 2.28. The second-order valence-electron chi connectivity index (χ2n) is 4.59. The van der Waals surface area contributed by atoms with Crippen LogP contribution < -0.4 is 10.6 Å². The number of hydrogen-bond acceptors (Lipinski definition) is 1. The molecular weight excluding hydrogens is 271 g/mol. The predicted octanol–water partition coefficient (Wildman–Crippen LogP) is 4.10. The van der Waals surface area contributed by atoms with Crippen molar-refractivity contribution in [1.82, 2.24) is 5.32 Å². The van der Waals surface area contributed by atoms with Crippen LogP contribution in [0.1, 0.15) is 32.1 Å². The van der Waals surface area contributed by atoms with Gasteiger partial charge in [0, 0.05) is 16.8 Å². The number of hydrogen-bond donors (Lipinski definition) is 2. The molecule has 1 fully saturated rings. The first-order valence-corrected chi connectivity index (χ1v) is 6.96. The Morgan fingerprint density at radius 2 is 1.94 bits per heavy atom. The standard InChI is InChI=1S/C13H16ClFN2S/c14-9-6-10(15)8-12(7-9)17-13(18)16-11-4-2-1-3-5-11/h6-8,11H,1-5H2,(H2,16,17,18). The van der Waals surface area contributed by atoms with Crippen LogP contribution >= 0.6 is 23.8 Å². The van der Waals surface area contributed by atoms with Gasteiger partial charge in [-0.3, -0.25) is 0 Å². The lowest BCUT2D eigenvalue weighted by Crippen LogP contribution is -2.38. The predicted molar refractivity (Wildman–Crippen MR) is 77.6 cm³/mol. The van der Waals surface area contributed by atoms with Crippen LogP contribution in [0, 0.1) is 5.82 Å². The molecule has 0 bridgehead atoms. The van der Waals surface area contributed by atoms with Crippen molar-refractivity contribution in [2.45, 2.75) is 38.1 Å². The Morgan fingerprint density at radius 1 is 1.22 bits per heavy atom. The molecule has 0 unspecified atom stereocenters. The van der Waals surface area contributed by atoms with Crippen molar-refractivity contribution >= 4 is 34.6 Å². The van der Waals surface area contributed by atoms with Gasteiger partial charge in [0.1, 0.15) is 5.82 Å². The van der Waals surface area contributed by atoms with Gasteiger partial charge in [0.25, 0.3) is 0 Å². The highest BCUT2D eigenvalue weighted by Crippen LogP contribution is 2.19. The van der Waals surface area contributed by atoms with Crippen LogP contribution in [0.5, 0.6) is 0 Å². The number of thiocarbonyl (C=S) groups is 1. The molecule has 2 rings (SSSR count). The van der Waals surface area contributed by atoms with Crippen LogP contribution in [-0.4, -0.2) is 11.2 Å². The van der Waals surface area contributed by atoms with Gasteiger partial charge in [0.15, 0.2) is 5.11 Å². The molecule has 0 amide bonds. The van der Waals surface area contributed by atoms with Gasteiger partial charge in [-0.2, -0.15) is 0 Å². The summed E-state index contributed by atoms with van der Waals surface area (Å²) in [5.74, 6) is -0.370. The Bertz CT molecular complexity index is 413. The molecule has 0 saturated heterocycles. The van der Waals surface area contributed by atoms with Gasteiger partial charge < -0.3 is 10.6 Å². The van der Waals surface area contributed by atoms with Gasteiger partial charge in [-0.15, -0.1) is 0 Å². The summed E-state index contributed by atoms with van der Waals surface area (Å²) in [6, 6.07) is 4.73. The first-order valence-electron chi connectivity index (χ1n) is 6.17. The molecule has 0 spiro atoms. The molecule has 0 aromatic heterocycles. The highest BCUT2D eigenvalue weighted by Gasteiger charge is 2.14. The van der Waals surface area contributed by atoms with E-state index in [-0.39, 0.29) is 5.82 Å². The fourth-order valence-corrected chi connectivity index (χ4v) is 2.73. The van der Waals surface area contributed by atoms with E-state index in [9.17, 15) is 4.39 Å². The monoisotopic (exact) mass is 286 g/mol. The minimum atomic E-state index is -0.370. The maximum atomic E-state index is 13.1. The maximum Gasteiger partial charge on any atom is 0.170 e. The van der Waals surface area contributed by atoms with Crippen LogP contribution in [-0.2, 0) is 0 Å². The molecular formula is C13H16ClFN2S. The average molecular weight is 287 g/mol. The molecule has 1 aliphatic carbocycles. The van der Waals surface area contributed by atoms with E-state index in [1.807, 2.05) is 0 Å². The quantitative estimate of drug-likeness (QED) is 0.801. The van der Waals surface area contributed by atoms with Gasteiger partial charge >= 0.3 is 0 Å². The molecule has 2 N–H and O–H groups in total. The Kier molecular flexibility index (Phi) is 4.78. The van der Waals surface area contributed by atoms with Crippen molar-refractivity contribution in [2.75, 3.05) is 5.32 Å². The van der Waals surface area contributed by atoms with E-state index in [2.05, 4.69) is 10.6 Å². The molecule has 0 aliphatic heterocycles. The van der Waals surface area contributed by atoms with Gasteiger partial charge in [-0.1, -0.05) is 30.9 Å². The first kappa shape index (κ1) is 13.6. The van der Waals surface area contributed by atoms with Crippen LogP contribution in [0.3, 0.4) is 0 Å². The molecule has 1 aliphatic rings. The zero-order valence-corrected chi connectivity index (χ0v) is 11.6. The third-order valence-electron chi connectivity index (χ3n) is 3.06. The minimum Gasteiger partial charge on any atom is -0.360 e. The first-order chi connectivity index (χ1) is 8.63. The number of anilines is 1. The lowest BCUT2D eigenvalue weighted by Gasteiger charge is -2.24. The summed E-state index contributed by atoms with van der Waals surface area (Å²) < 4.78 is 13.1. The van der Waals surface area contributed by atoms with E-state index >= 15 is 0 Å². The van der Waals surface area contributed by atoms with E-state index in [4.69, 9.17) is 23.8 Å². The Balaban J connectivity index is 1.89. The second-order valence-corrected chi connectivity index (χ2v) is 5.44. The maximum absolute atomic E-state index is 13.1. The van der Waals surface area contributed by atoms with Crippen molar-refractivity contribution in [3.63, 3.8) is 0 Å². The number of halogens is 2. The van der Waals surface area contributed by atoms with Crippen LogP contribution in [0.15, 0.2) is 18.2 Å². The number of rotatable bonds is 2. The van der Waals surface area contributed by atoms with E-state index in [0.29, 0.717) is 21.9 Å². The van der Waals surface area contributed by atoms with Gasteiger partial charge in [-0.05, 0) is 43.3 Å². The van der Waals surface area contributed by atoms with Crippen molar-refractivity contribution in [1.29, 1.82) is 0 Å². The molecule has 1 aromatic carbocycles. The normalized spacial score (nSPS) is 16.3. The molecule has 0 radical (unpaired) electrons. The Hall–Kier alpha value is -0.870. The highest BCUT2D eigenvalue weighted by atomic mass is 35.5. The molecule has 0 atom stereocenters. The summed E-state index contributed by atoms with van der Waals surface area (Å²) in [6.45, 7) is 0. The highest BCUT2D eigenvalue weighted by molar-refractivity contribution is 7.80. The van der Waals surface area contributed by atoms with Crippen LogP contribution in [0.4, 0.5) is 10.1 Å². The van der Waals surface area contributed by atoms with E-state index in [1.165, 1.54) is 31.4 Å². The molecule has 1 aromatic rings. The van der Waals surface area contributed by atoms with Gasteiger partial charge in [-0.25, -0.2) is 4.39 Å². The van der Waals surface area contributed by atoms with Gasteiger partial charge in [0.05, 0.1) is 0 Å². The summed E-state index contributed by atoms with van der Waals surface area (Å²) in [6.07, 6.45) is 6.08. The third-order valence-corrected chi connectivity index (χ3v) is 3.50. The number of benzene rings is 1. The van der Waals surface area contributed by atoms with Crippen molar-refractivity contribution in [3.8, 4) is 0 Å². The largest absolute Gasteiger partial charge is 0.360 e. The van der Waals surface area contributed by atoms with E-state index in [0.717, 1.165) is 12.8 Å². The molecule has 98 valence electrons. The summed E-state index contributed by atoms with van der Waals surface area (Å²) in [4.78, 5) is 0. The molecule has 2 nitrogen and oxygen atoms in total. The lowest BCUT2D eigenvalue weighted by molar-refractivity contribution is 0.415. The smallest absolute Gasteiger partial charge is 0.170 e. The topological polar surface area (TPSA) is 24.1 Å². The SMILES string of the molecule is Fc1cc(Cl)cc(NC(=S)NC2CCCCC2)c1. The Morgan fingerprint density at radius 3 is 2.61 bits per heavy atom. The summed E-state index contributed by atoms with van der Waals surface area (Å²) in [5.41, 5.74) is 0.577. The fourth-order valence-electron chi connectivity index (χ4n) is 2.23. The minimum absolute atomic E-state index is 0.359. The second kappa shape index (κ2) is 6.34. The van der Waals surface area contributed by atoms with E-state index < -0.39 is 0 Å². The van der Waals surface area contributed by atoms with Crippen molar-refractivity contribution < 1.29 is 4.39 Å².